The van der Waals surface area contributed by atoms with E-state index in [1.807, 2.05) is 54.6 Å². The molecule has 0 radical (unpaired) electrons. The molecule has 0 amide bonds. The van der Waals surface area contributed by atoms with Crippen LogP contribution < -0.4 is 4.72 Å². The van der Waals surface area contributed by atoms with Gasteiger partial charge >= 0.3 is 0 Å². The van der Waals surface area contributed by atoms with E-state index >= 15 is 0 Å². The van der Waals surface area contributed by atoms with Gasteiger partial charge in [-0.2, -0.15) is 0 Å². The van der Waals surface area contributed by atoms with Gasteiger partial charge in [0.2, 0.25) is 0 Å². The minimum atomic E-state index is -3.63. The standard InChI is InChI=1S/C27H31N3O2S/c1-5-30-25-9-7-6-8-24(25)28-26(30)19-12-20-10-15-22(16-11-20)29-33(31,32)23-17-13-21(14-18-23)27(2,3)4/h6-11,13-18,29H,5,12,19H2,1-4H3. The summed E-state index contributed by atoms with van der Waals surface area (Å²) >= 11 is 0. The van der Waals surface area contributed by atoms with E-state index in [9.17, 15) is 8.42 Å². The van der Waals surface area contributed by atoms with Crippen molar-refractivity contribution in [2.75, 3.05) is 4.72 Å². The highest BCUT2D eigenvalue weighted by Crippen LogP contribution is 2.24. The van der Waals surface area contributed by atoms with E-state index in [1.54, 1.807) is 12.1 Å². The molecule has 3 aromatic carbocycles. The maximum atomic E-state index is 12.8. The minimum Gasteiger partial charge on any atom is -0.328 e. The highest BCUT2D eigenvalue weighted by atomic mass is 32.2. The zero-order valence-corrected chi connectivity index (χ0v) is 20.5. The van der Waals surface area contributed by atoms with Crippen molar-refractivity contribution in [3.8, 4) is 0 Å². The number of rotatable bonds is 7. The van der Waals surface area contributed by atoms with Crippen LogP contribution in [0.5, 0.6) is 0 Å². The second-order valence-electron chi connectivity index (χ2n) is 9.34. The summed E-state index contributed by atoms with van der Waals surface area (Å²) < 4.78 is 30.5. The average molecular weight is 462 g/mol. The number of anilines is 1. The molecule has 5 nitrogen and oxygen atoms in total. The molecule has 1 aromatic heterocycles. The molecule has 0 saturated heterocycles. The van der Waals surface area contributed by atoms with Gasteiger partial charge in [0.15, 0.2) is 0 Å². The molecule has 0 atom stereocenters. The zero-order valence-electron chi connectivity index (χ0n) is 19.7. The summed E-state index contributed by atoms with van der Waals surface area (Å²) in [4.78, 5) is 5.05. The Morgan fingerprint density at radius 1 is 0.879 bits per heavy atom. The Labute approximate surface area is 196 Å². The second-order valence-corrected chi connectivity index (χ2v) is 11.0. The van der Waals surface area contributed by atoms with E-state index in [1.165, 1.54) is 0 Å². The van der Waals surface area contributed by atoms with Crippen LogP contribution >= 0.6 is 0 Å². The van der Waals surface area contributed by atoms with Gasteiger partial charge in [0.25, 0.3) is 10.0 Å². The summed E-state index contributed by atoms with van der Waals surface area (Å²) in [6, 6.07) is 22.9. The molecule has 0 spiro atoms. The van der Waals surface area contributed by atoms with Crippen LogP contribution in [0.1, 0.15) is 44.6 Å². The van der Waals surface area contributed by atoms with Crippen LogP contribution in [0.4, 0.5) is 5.69 Å². The highest BCUT2D eigenvalue weighted by Gasteiger charge is 2.18. The fraction of sp³-hybridized carbons (Fsp3) is 0.296. The van der Waals surface area contributed by atoms with Gasteiger partial charge in [-0.1, -0.05) is 57.2 Å². The average Bonchev–Trinajstić information content (AvgIpc) is 3.15. The van der Waals surface area contributed by atoms with Gasteiger partial charge in [-0.25, -0.2) is 13.4 Å². The fourth-order valence-corrected chi connectivity index (χ4v) is 5.07. The van der Waals surface area contributed by atoms with Crippen molar-refractivity contribution >= 4 is 26.7 Å². The molecule has 0 unspecified atom stereocenters. The van der Waals surface area contributed by atoms with E-state index in [-0.39, 0.29) is 10.3 Å². The largest absolute Gasteiger partial charge is 0.328 e. The number of aryl methyl sites for hydroxylation is 3. The summed E-state index contributed by atoms with van der Waals surface area (Å²) in [6.07, 6.45) is 1.67. The Bertz CT molecular complexity index is 1350. The Balaban J connectivity index is 1.43. The SMILES string of the molecule is CCn1c(CCc2ccc(NS(=O)(=O)c3ccc(C(C)(C)C)cc3)cc2)nc2ccccc21. The van der Waals surface area contributed by atoms with E-state index in [2.05, 4.69) is 43.1 Å². The van der Waals surface area contributed by atoms with Crippen LogP contribution in [-0.2, 0) is 34.8 Å². The molecule has 4 rings (SSSR count). The Morgan fingerprint density at radius 3 is 2.18 bits per heavy atom. The Kier molecular flexibility index (Phi) is 6.30. The topological polar surface area (TPSA) is 64.0 Å². The zero-order chi connectivity index (χ0) is 23.6. The maximum absolute atomic E-state index is 12.8. The third kappa shape index (κ3) is 5.11. The lowest BCUT2D eigenvalue weighted by molar-refractivity contribution is 0.587. The molecule has 0 bridgehead atoms. The fourth-order valence-electron chi connectivity index (χ4n) is 4.01. The van der Waals surface area contributed by atoms with Crippen molar-refractivity contribution in [3.05, 3.63) is 89.7 Å². The number of nitrogens with zero attached hydrogens (tertiary/aromatic N) is 2. The van der Waals surface area contributed by atoms with Gasteiger partial charge in [0.1, 0.15) is 5.82 Å². The van der Waals surface area contributed by atoms with Crippen molar-refractivity contribution in [2.45, 2.75) is 57.4 Å². The monoisotopic (exact) mass is 461 g/mol. The molecule has 33 heavy (non-hydrogen) atoms. The first-order valence-electron chi connectivity index (χ1n) is 11.3. The van der Waals surface area contributed by atoms with Crippen LogP contribution in [-0.4, -0.2) is 18.0 Å². The van der Waals surface area contributed by atoms with E-state index in [4.69, 9.17) is 4.98 Å². The van der Waals surface area contributed by atoms with Gasteiger partial charge in [0.05, 0.1) is 15.9 Å². The first kappa shape index (κ1) is 23.1. The summed E-state index contributed by atoms with van der Waals surface area (Å²) in [5, 5.41) is 0. The molecule has 4 aromatic rings. The molecular formula is C27H31N3O2S. The second kappa shape index (κ2) is 9.02. The molecule has 0 aliphatic carbocycles. The predicted octanol–water partition coefficient (Wildman–Crippen LogP) is 5.94. The number of aromatic nitrogens is 2. The molecule has 1 heterocycles. The molecule has 0 fully saturated rings. The highest BCUT2D eigenvalue weighted by molar-refractivity contribution is 7.92. The first-order chi connectivity index (χ1) is 15.7. The maximum Gasteiger partial charge on any atom is 0.261 e. The van der Waals surface area contributed by atoms with Gasteiger partial charge in [-0.3, -0.25) is 4.72 Å². The molecule has 0 saturated carbocycles. The van der Waals surface area contributed by atoms with Gasteiger partial charge in [0, 0.05) is 18.7 Å². The number of benzene rings is 3. The smallest absolute Gasteiger partial charge is 0.261 e. The summed E-state index contributed by atoms with van der Waals surface area (Å²) in [6.45, 7) is 9.33. The van der Waals surface area contributed by atoms with Gasteiger partial charge in [-0.05, 0) is 66.3 Å². The van der Waals surface area contributed by atoms with Crippen molar-refractivity contribution in [1.82, 2.24) is 9.55 Å². The van der Waals surface area contributed by atoms with Crippen LogP contribution in [0.3, 0.4) is 0 Å². The molecule has 0 aliphatic heterocycles. The first-order valence-corrected chi connectivity index (χ1v) is 12.8. The number of fused-ring (bicyclic) bond motifs is 1. The molecule has 172 valence electrons. The summed E-state index contributed by atoms with van der Waals surface area (Å²) in [5.74, 6) is 1.07. The third-order valence-corrected chi connectivity index (χ3v) is 7.32. The third-order valence-electron chi connectivity index (χ3n) is 5.92. The number of sulfonamides is 1. The van der Waals surface area contributed by atoms with Crippen LogP contribution in [0.2, 0.25) is 0 Å². The van der Waals surface area contributed by atoms with E-state index in [0.29, 0.717) is 5.69 Å². The van der Waals surface area contributed by atoms with E-state index < -0.39 is 10.0 Å². The molecule has 0 aliphatic rings. The van der Waals surface area contributed by atoms with Crippen molar-refractivity contribution in [2.24, 2.45) is 0 Å². The van der Waals surface area contributed by atoms with Crippen LogP contribution in [0, 0.1) is 0 Å². The van der Waals surface area contributed by atoms with E-state index in [0.717, 1.165) is 47.4 Å². The van der Waals surface area contributed by atoms with Crippen molar-refractivity contribution in [3.63, 3.8) is 0 Å². The lowest BCUT2D eigenvalue weighted by atomic mass is 9.87. The number of imidazole rings is 1. The molecule has 6 heteroatoms. The van der Waals surface area contributed by atoms with Crippen LogP contribution in [0.15, 0.2) is 77.7 Å². The van der Waals surface area contributed by atoms with Crippen molar-refractivity contribution < 1.29 is 8.42 Å². The summed E-state index contributed by atoms with van der Waals surface area (Å²) in [5.41, 5.74) is 4.96. The lowest BCUT2D eigenvalue weighted by Crippen LogP contribution is -2.15. The minimum absolute atomic E-state index is 0.0213. The van der Waals surface area contributed by atoms with Gasteiger partial charge < -0.3 is 4.57 Å². The molecule has 1 N–H and O–H groups in total. The number of hydrogen-bond donors (Lipinski definition) is 1. The Hall–Kier alpha value is -3.12. The number of hydrogen-bond acceptors (Lipinski definition) is 3. The predicted molar refractivity (Wildman–Crippen MR) is 135 cm³/mol. The molecular weight excluding hydrogens is 430 g/mol. The number of nitrogens with one attached hydrogen (secondary N) is 1. The lowest BCUT2D eigenvalue weighted by Gasteiger charge is -2.19. The Morgan fingerprint density at radius 2 is 1.55 bits per heavy atom. The normalized spacial score (nSPS) is 12.2. The summed E-state index contributed by atoms with van der Waals surface area (Å²) in [7, 11) is -3.63. The van der Waals surface area contributed by atoms with Crippen LogP contribution in [0.25, 0.3) is 11.0 Å². The number of para-hydroxylation sites is 2. The van der Waals surface area contributed by atoms with Gasteiger partial charge in [-0.15, -0.1) is 0 Å². The quantitative estimate of drug-likeness (QED) is 0.370. The van der Waals surface area contributed by atoms with Crippen molar-refractivity contribution in [1.29, 1.82) is 0 Å².